The summed E-state index contributed by atoms with van der Waals surface area (Å²) in [5.74, 6) is 0. The van der Waals surface area contributed by atoms with Gasteiger partial charge in [-0.05, 0) is 55.2 Å². The van der Waals surface area contributed by atoms with Gasteiger partial charge in [-0.15, -0.1) is 0 Å². The molecule has 1 rings (SSSR count). The van der Waals surface area contributed by atoms with E-state index in [1.54, 1.807) is 16.7 Å². The molecule has 0 spiro atoms. The largest absolute Gasteiger partial charge is 0.0719 e. The zero-order chi connectivity index (χ0) is 16.6. The molecular weight excluding hydrogens is 279 g/mol. The molecule has 0 amide bonds. The van der Waals surface area contributed by atoms with Gasteiger partial charge in [0.2, 0.25) is 0 Å². The predicted molar refractivity (Wildman–Crippen MR) is 105 cm³/mol. The average Bonchev–Trinajstić information content (AvgIpc) is 2.47. The van der Waals surface area contributed by atoms with Crippen LogP contribution in [0.5, 0.6) is 0 Å². The molecule has 0 aliphatic heterocycles. The second-order valence-electron chi connectivity index (χ2n) is 7.26. The van der Waals surface area contributed by atoms with Crippen LogP contribution < -0.4 is 5.19 Å². The SMILES string of the molecule is [B][Si](C)(C)c1ccc(CCCC)c(CCCC)c1CCCC. The molecule has 0 saturated carbocycles. The van der Waals surface area contributed by atoms with Gasteiger partial charge in [0.15, 0.2) is 0 Å². The molecule has 1 aromatic rings. The molecule has 0 aromatic heterocycles. The lowest BCUT2D eigenvalue weighted by molar-refractivity contribution is 0.737. The molecule has 0 fully saturated rings. The number of rotatable bonds is 10. The van der Waals surface area contributed by atoms with Crippen LogP contribution in [0.1, 0.15) is 76.0 Å². The first-order valence-corrected chi connectivity index (χ1v) is 12.5. The van der Waals surface area contributed by atoms with Crippen LogP contribution in [0.25, 0.3) is 0 Å². The molecule has 0 nitrogen and oxygen atoms in total. The molecule has 22 heavy (non-hydrogen) atoms. The van der Waals surface area contributed by atoms with Crippen molar-refractivity contribution in [3.8, 4) is 0 Å². The number of aryl methyl sites for hydroxylation is 1. The van der Waals surface area contributed by atoms with E-state index in [0.717, 1.165) is 0 Å². The first-order valence-electron chi connectivity index (χ1n) is 9.38. The van der Waals surface area contributed by atoms with Crippen molar-refractivity contribution < 1.29 is 0 Å². The molecule has 0 unspecified atom stereocenters. The van der Waals surface area contributed by atoms with Gasteiger partial charge in [-0.25, -0.2) is 0 Å². The maximum Gasteiger partial charge on any atom is 0.0629 e. The second kappa shape index (κ2) is 9.60. The summed E-state index contributed by atoms with van der Waals surface area (Å²) in [5, 5.41) is 1.51. The Morgan fingerprint density at radius 1 is 0.773 bits per heavy atom. The van der Waals surface area contributed by atoms with Gasteiger partial charge < -0.3 is 0 Å². The number of unbranched alkanes of at least 4 members (excludes halogenated alkanes) is 3. The summed E-state index contributed by atoms with van der Waals surface area (Å²) in [5.41, 5.74) is 4.89. The second-order valence-corrected chi connectivity index (χ2v) is 11.2. The van der Waals surface area contributed by atoms with Gasteiger partial charge in [-0.2, -0.15) is 0 Å². The minimum absolute atomic E-state index is 1.22. The first-order chi connectivity index (χ1) is 10.5. The highest BCUT2D eigenvalue weighted by atomic mass is 28.3. The van der Waals surface area contributed by atoms with Crippen LogP contribution in [0.15, 0.2) is 12.1 Å². The predicted octanol–water partition coefficient (Wildman–Crippen LogP) is 5.30. The fourth-order valence-electron chi connectivity index (χ4n) is 3.25. The summed E-state index contributed by atoms with van der Waals surface area (Å²) in [6.45, 7) is 11.4. The van der Waals surface area contributed by atoms with Crippen LogP contribution in [-0.2, 0) is 19.3 Å². The zero-order valence-electron chi connectivity index (χ0n) is 15.6. The summed E-state index contributed by atoms with van der Waals surface area (Å²) in [7, 11) is 4.86. The molecule has 2 heteroatoms. The van der Waals surface area contributed by atoms with Crippen molar-refractivity contribution in [1.82, 2.24) is 0 Å². The van der Waals surface area contributed by atoms with E-state index in [2.05, 4.69) is 46.0 Å². The Labute approximate surface area is 141 Å². The van der Waals surface area contributed by atoms with Gasteiger partial charge in [0.05, 0.1) is 7.44 Å². The summed E-state index contributed by atoms with van der Waals surface area (Å²) >= 11 is 0. The number of hydrogen-bond acceptors (Lipinski definition) is 0. The summed E-state index contributed by atoms with van der Waals surface area (Å²) < 4.78 is 0. The summed E-state index contributed by atoms with van der Waals surface area (Å²) in [6.07, 6.45) is 11.4. The molecule has 1 aromatic carbocycles. The van der Waals surface area contributed by atoms with E-state index >= 15 is 0 Å². The number of hydrogen-bond donors (Lipinski definition) is 0. The Morgan fingerprint density at radius 3 is 1.77 bits per heavy atom. The first kappa shape index (κ1) is 19.5. The molecule has 0 bridgehead atoms. The molecule has 122 valence electrons. The lowest BCUT2D eigenvalue weighted by Gasteiger charge is -2.26. The van der Waals surface area contributed by atoms with Crippen LogP contribution >= 0.6 is 0 Å². The standard InChI is InChI=1S/C20H35BSi/c1-6-9-12-17-15-16-20(22(4,5)21)19(14-11-8-3)18(17)13-10-7-2/h15-16H,6-14H2,1-5H3. The van der Waals surface area contributed by atoms with E-state index < -0.39 is 7.94 Å². The fraction of sp³-hybridized carbons (Fsp3) is 0.700. The quantitative estimate of drug-likeness (QED) is 0.514. The zero-order valence-corrected chi connectivity index (χ0v) is 16.6. The van der Waals surface area contributed by atoms with Crippen molar-refractivity contribution >= 4 is 20.6 Å². The van der Waals surface area contributed by atoms with E-state index in [1.165, 1.54) is 63.0 Å². The number of benzene rings is 1. The van der Waals surface area contributed by atoms with Crippen molar-refractivity contribution in [3.05, 3.63) is 28.8 Å². The summed E-state index contributed by atoms with van der Waals surface area (Å²) in [4.78, 5) is 0. The Bertz CT molecular complexity index is 446. The molecule has 0 heterocycles. The maximum absolute atomic E-state index is 6.62. The molecule has 0 aliphatic rings. The average molecular weight is 314 g/mol. The highest BCUT2D eigenvalue weighted by Gasteiger charge is 2.22. The van der Waals surface area contributed by atoms with E-state index in [4.69, 9.17) is 7.44 Å². The van der Waals surface area contributed by atoms with Crippen LogP contribution in [0.2, 0.25) is 13.1 Å². The van der Waals surface area contributed by atoms with Crippen molar-refractivity contribution in [1.29, 1.82) is 0 Å². The third-order valence-electron chi connectivity index (χ3n) is 4.58. The molecule has 0 atom stereocenters. The van der Waals surface area contributed by atoms with Crippen LogP contribution in [0.3, 0.4) is 0 Å². The normalized spacial score (nSPS) is 11.9. The van der Waals surface area contributed by atoms with Gasteiger partial charge in [0.1, 0.15) is 0 Å². The Balaban J connectivity index is 3.30. The van der Waals surface area contributed by atoms with Crippen molar-refractivity contribution in [2.24, 2.45) is 0 Å². The van der Waals surface area contributed by atoms with E-state index in [0.29, 0.717) is 0 Å². The van der Waals surface area contributed by atoms with Gasteiger partial charge in [0, 0.05) is 7.94 Å². The van der Waals surface area contributed by atoms with E-state index in [9.17, 15) is 0 Å². The van der Waals surface area contributed by atoms with Crippen LogP contribution in [-0.4, -0.2) is 15.4 Å². The Kier molecular flexibility index (Phi) is 8.53. The Morgan fingerprint density at radius 2 is 1.27 bits per heavy atom. The van der Waals surface area contributed by atoms with Gasteiger partial charge in [-0.1, -0.05) is 70.4 Å². The molecule has 0 aliphatic carbocycles. The Hall–Kier alpha value is -0.498. The van der Waals surface area contributed by atoms with Crippen LogP contribution in [0.4, 0.5) is 0 Å². The third kappa shape index (κ3) is 5.61. The highest BCUT2D eigenvalue weighted by Crippen LogP contribution is 2.22. The lowest BCUT2D eigenvalue weighted by Crippen LogP contribution is -2.45. The minimum atomic E-state index is -1.75. The molecular formula is C20H35BSi. The highest BCUT2D eigenvalue weighted by molar-refractivity contribution is 7.23. The summed E-state index contributed by atoms with van der Waals surface area (Å²) in [6, 6.07) is 4.77. The van der Waals surface area contributed by atoms with Gasteiger partial charge >= 0.3 is 0 Å². The van der Waals surface area contributed by atoms with Crippen molar-refractivity contribution in [2.75, 3.05) is 0 Å². The van der Waals surface area contributed by atoms with Gasteiger partial charge in [0.25, 0.3) is 0 Å². The van der Waals surface area contributed by atoms with E-state index in [-0.39, 0.29) is 0 Å². The lowest BCUT2D eigenvalue weighted by atomic mass is 9.91. The maximum atomic E-state index is 6.62. The van der Waals surface area contributed by atoms with Crippen molar-refractivity contribution in [3.63, 3.8) is 0 Å². The van der Waals surface area contributed by atoms with E-state index in [1.807, 2.05) is 0 Å². The smallest absolute Gasteiger partial charge is 0.0629 e. The van der Waals surface area contributed by atoms with Gasteiger partial charge in [-0.3, -0.25) is 0 Å². The monoisotopic (exact) mass is 314 g/mol. The minimum Gasteiger partial charge on any atom is -0.0719 e. The fourth-order valence-corrected chi connectivity index (χ4v) is 4.82. The third-order valence-corrected chi connectivity index (χ3v) is 6.44. The van der Waals surface area contributed by atoms with Crippen molar-refractivity contribution in [2.45, 2.75) is 91.7 Å². The molecule has 2 radical (unpaired) electrons. The molecule has 0 saturated heterocycles. The topological polar surface area (TPSA) is 0 Å². The van der Waals surface area contributed by atoms with Crippen LogP contribution in [0, 0.1) is 0 Å². The molecule has 0 N–H and O–H groups in total.